The Balaban J connectivity index is 1.96. The highest BCUT2D eigenvalue weighted by Gasteiger charge is 2.53. The molecule has 0 aromatic rings. The highest BCUT2D eigenvalue weighted by atomic mass is 16.6. The summed E-state index contributed by atoms with van der Waals surface area (Å²) in [5, 5.41) is 0. The molecule has 0 aromatic carbocycles. The minimum absolute atomic E-state index is 0.0284. The van der Waals surface area contributed by atoms with E-state index in [1.165, 1.54) is 0 Å². The third kappa shape index (κ3) is 1.43. The minimum atomic E-state index is -0.254. The highest BCUT2D eigenvalue weighted by molar-refractivity contribution is 5.93. The zero-order valence-electron chi connectivity index (χ0n) is 10.8. The van der Waals surface area contributed by atoms with Gasteiger partial charge in [0.25, 0.3) is 0 Å². The fourth-order valence-corrected chi connectivity index (χ4v) is 3.87. The molecule has 0 amide bonds. The Morgan fingerprint density at radius 2 is 2.17 bits per heavy atom. The van der Waals surface area contributed by atoms with Crippen LogP contribution >= 0.6 is 0 Å². The lowest BCUT2D eigenvalue weighted by atomic mass is 9.56. The maximum Gasteiger partial charge on any atom is 0.334 e. The van der Waals surface area contributed by atoms with Crippen LogP contribution in [0.1, 0.15) is 26.7 Å². The summed E-state index contributed by atoms with van der Waals surface area (Å²) in [7, 11) is 0. The topological polar surface area (TPSA) is 43.4 Å². The summed E-state index contributed by atoms with van der Waals surface area (Å²) >= 11 is 0. The zero-order valence-corrected chi connectivity index (χ0v) is 10.8. The van der Waals surface area contributed by atoms with Crippen LogP contribution in [-0.4, -0.2) is 17.9 Å². The molecule has 0 radical (unpaired) electrons. The van der Waals surface area contributed by atoms with Crippen LogP contribution in [0.15, 0.2) is 24.3 Å². The van der Waals surface area contributed by atoms with Gasteiger partial charge in [-0.05, 0) is 30.3 Å². The van der Waals surface area contributed by atoms with Crippen LogP contribution < -0.4 is 0 Å². The fraction of sp³-hybridized carbons (Fsp3) is 0.600. The maximum absolute atomic E-state index is 11.8. The molecule has 18 heavy (non-hydrogen) atoms. The first-order chi connectivity index (χ1) is 8.42. The number of carbonyl (C=O) groups excluding carboxylic acids is 2. The zero-order chi connectivity index (χ0) is 13.1. The highest BCUT2D eigenvalue weighted by Crippen LogP contribution is 2.54. The third-order valence-corrected chi connectivity index (χ3v) is 5.09. The molecule has 5 atom stereocenters. The quantitative estimate of drug-likeness (QED) is 0.486. The molecule has 0 unspecified atom stereocenters. The van der Waals surface area contributed by atoms with Crippen molar-refractivity contribution in [3.63, 3.8) is 0 Å². The molecule has 0 aromatic heterocycles. The van der Waals surface area contributed by atoms with E-state index < -0.39 is 0 Å². The van der Waals surface area contributed by atoms with E-state index in [1.807, 2.05) is 13.0 Å². The van der Waals surface area contributed by atoms with Gasteiger partial charge in [0.1, 0.15) is 6.10 Å². The predicted molar refractivity (Wildman–Crippen MR) is 66.7 cm³/mol. The van der Waals surface area contributed by atoms with E-state index in [2.05, 4.69) is 13.5 Å². The minimum Gasteiger partial charge on any atom is -0.458 e. The van der Waals surface area contributed by atoms with Gasteiger partial charge < -0.3 is 4.74 Å². The molecule has 1 saturated carbocycles. The fourth-order valence-electron chi connectivity index (χ4n) is 3.87. The van der Waals surface area contributed by atoms with Gasteiger partial charge in [-0.2, -0.15) is 0 Å². The van der Waals surface area contributed by atoms with Crippen molar-refractivity contribution in [3.05, 3.63) is 24.3 Å². The van der Waals surface area contributed by atoms with Gasteiger partial charge in [0.2, 0.25) is 0 Å². The van der Waals surface area contributed by atoms with Gasteiger partial charge in [0, 0.05) is 17.4 Å². The van der Waals surface area contributed by atoms with Crippen LogP contribution in [0.5, 0.6) is 0 Å². The Labute approximate surface area is 107 Å². The van der Waals surface area contributed by atoms with E-state index >= 15 is 0 Å². The van der Waals surface area contributed by atoms with Gasteiger partial charge >= 0.3 is 5.97 Å². The third-order valence-electron chi connectivity index (χ3n) is 5.09. The van der Waals surface area contributed by atoms with Crippen LogP contribution in [0.2, 0.25) is 0 Å². The summed E-state index contributed by atoms with van der Waals surface area (Å²) in [5.41, 5.74) is 0.565. The first-order valence-corrected chi connectivity index (χ1v) is 6.55. The monoisotopic (exact) mass is 246 g/mol. The van der Waals surface area contributed by atoms with Gasteiger partial charge in [0.15, 0.2) is 5.78 Å². The largest absolute Gasteiger partial charge is 0.458 e. The molecule has 0 bridgehead atoms. The normalized spacial score (nSPS) is 46.7. The van der Waals surface area contributed by atoms with Crippen molar-refractivity contribution in [1.82, 2.24) is 0 Å². The van der Waals surface area contributed by atoms with E-state index in [-0.39, 0.29) is 35.1 Å². The number of ether oxygens (including phenoxy) is 1. The number of allylic oxidation sites excluding steroid dienone is 2. The van der Waals surface area contributed by atoms with Crippen molar-refractivity contribution in [2.75, 3.05) is 0 Å². The molecule has 96 valence electrons. The van der Waals surface area contributed by atoms with E-state index in [0.29, 0.717) is 11.5 Å². The molecule has 1 saturated heterocycles. The first-order valence-electron chi connectivity index (χ1n) is 6.55. The summed E-state index contributed by atoms with van der Waals surface area (Å²) in [6.45, 7) is 8.01. The Hall–Kier alpha value is -1.38. The van der Waals surface area contributed by atoms with Crippen molar-refractivity contribution >= 4 is 11.8 Å². The van der Waals surface area contributed by atoms with Crippen LogP contribution in [0.3, 0.4) is 0 Å². The molecule has 3 nitrogen and oxygen atoms in total. The number of ketones is 1. The van der Waals surface area contributed by atoms with Crippen LogP contribution in [0.25, 0.3) is 0 Å². The number of esters is 1. The van der Waals surface area contributed by atoms with Crippen molar-refractivity contribution in [3.8, 4) is 0 Å². The summed E-state index contributed by atoms with van der Waals surface area (Å²) < 4.78 is 5.40. The molecule has 3 aliphatic rings. The number of carbonyl (C=O) groups is 2. The van der Waals surface area contributed by atoms with E-state index in [1.54, 1.807) is 6.08 Å². The van der Waals surface area contributed by atoms with Crippen molar-refractivity contribution in [2.45, 2.75) is 32.8 Å². The summed E-state index contributed by atoms with van der Waals surface area (Å²) in [6.07, 6.45) is 5.32. The summed E-state index contributed by atoms with van der Waals surface area (Å²) in [6, 6.07) is 0. The Morgan fingerprint density at radius 1 is 1.44 bits per heavy atom. The lowest BCUT2D eigenvalue weighted by Gasteiger charge is -2.47. The van der Waals surface area contributed by atoms with Crippen LogP contribution in [0, 0.1) is 23.2 Å². The van der Waals surface area contributed by atoms with E-state index in [9.17, 15) is 9.59 Å². The van der Waals surface area contributed by atoms with Gasteiger partial charge in [0.05, 0.1) is 0 Å². The second-order valence-corrected chi connectivity index (χ2v) is 6.15. The second kappa shape index (κ2) is 3.56. The van der Waals surface area contributed by atoms with Crippen LogP contribution in [-0.2, 0) is 14.3 Å². The SMILES string of the molecule is C=C1C(=O)O[C@@H]2C[C@]3(C)C=CC(=O)[C@H](C)[C@@H]3C[C@H]12. The number of rotatable bonds is 0. The standard InChI is InChI=1S/C15H18O3/c1-8-10-6-11-9(2)12(16)4-5-15(11,3)7-13(10)18-14(8)17/h4-5,9-11,13H,1,6-7H2,2-3H3/t9-,10-,11+,13-,15+/m1/s1. The number of hydrogen-bond donors (Lipinski definition) is 0. The number of hydrogen-bond acceptors (Lipinski definition) is 3. The molecule has 3 heteroatoms. The summed E-state index contributed by atoms with van der Waals surface area (Å²) in [4.78, 5) is 23.4. The van der Waals surface area contributed by atoms with Crippen molar-refractivity contribution < 1.29 is 14.3 Å². The van der Waals surface area contributed by atoms with Crippen molar-refractivity contribution in [1.29, 1.82) is 0 Å². The van der Waals surface area contributed by atoms with Gasteiger partial charge in [-0.25, -0.2) is 4.79 Å². The molecular weight excluding hydrogens is 228 g/mol. The second-order valence-electron chi connectivity index (χ2n) is 6.15. The van der Waals surface area contributed by atoms with Crippen LogP contribution in [0.4, 0.5) is 0 Å². The lowest BCUT2D eigenvalue weighted by molar-refractivity contribution is -0.143. The first kappa shape index (κ1) is 11.7. The molecule has 3 rings (SSSR count). The molecule has 0 spiro atoms. The maximum atomic E-state index is 11.8. The molecular formula is C15H18O3. The average Bonchev–Trinajstić information content (AvgIpc) is 2.58. The van der Waals surface area contributed by atoms with Gasteiger partial charge in [-0.15, -0.1) is 0 Å². The number of fused-ring (bicyclic) bond motifs is 2. The Morgan fingerprint density at radius 3 is 2.89 bits per heavy atom. The van der Waals surface area contributed by atoms with E-state index in [4.69, 9.17) is 4.74 Å². The molecule has 2 aliphatic carbocycles. The van der Waals surface area contributed by atoms with Gasteiger partial charge in [-0.3, -0.25) is 4.79 Å². The average molecular weight is 246 g/mol. The lowest BCUT2D eigenvalue weighted by Crippen LogP contribution is -2.46. The Kier molecular flexibility index (Phi) is 2.31. The van der Waals surface area contributed by atoms with E-state index in [0.717, 1.165) is 12.8 Å². The molecule has 2 fully saturated rings. The molecule has 1 heterocycles. The summed E-state index contributed by atoms with van der Waals surface area (Å²) in [5.74, 6) is 0.381. The molecule has 1 aliphatic heterocycles. The predicted octanol–water partition coefficient (Wildman–Crippen LogP) is 2.28. The molecule has 0 N–H and O–H groups in total. The van der Waals surface area contributed by atoms with Crippen molar-refractivity contribution in [2.24, 2.45) is 23.2 Å². The Bertz CT molecular complexity index is 476. The smallest absolute Gasteiger partial charge is 0.334 e. The van der Waals surface area contributed by atoms with Gasteiger partial charge in [-0.1, -0.05) is 26.5 Å².